The molecular weight excluding hydrogens is 252 g/mol. The van der Waals surface area contributed by atoms with E-state index in [1.54, 1.807) is 6.92 Å². The molecule has 0 heterocycles. The third-order valence-electron chi connectivity index (χ3n) is 3.50. The Kier molecular flexibility index (Phi) is 6.38. The first kappa shape index (κ1) is 16.1. The molecule has 0 aliphatic heterocycles. The number of carbonyl (C=O) groups is 2. The lowest BCUT2D eigenvalue weighted by atomic mass is 10.0. The van der Waals surface area contributed by atoms with Crippen molar-refractivity contribution >= 4 is 11.7 Å². The maximum Gasteiger partial charge on any atom is 0.260 e. The summed E-state index contributed by atoms with van der Waals surface area (Å²) >= 11 is 0. The van der Waals surface area contributed by atoms with Gasteiger partial charge in [0.2, 0.25) is 5.91 Å². The average Bonchev–Trinajstić information content (AvgIpc) is 3.07. The monoisotopic (exact) mass is 275 g/mol. The van der Waals surface area contributed by atoms with Gasteiger partial charge in [-0.15, -0.1) is 0 Å². The quantitative estimate of drug-likeness (QED) is 0.857. The highest BCUT2D eigenvalue weighted by atomic mass is 19.3. The normalized spacial score (nSPS) is 23.8. The smallest absolute Gasteiger partial charge is 0.260 e. The van der Waals surface area contributed by atoms with E-state index >= 15 is 0 Å². The van der Waals surface area contributed by atoms with Gasteiger partial charge in [-0.1, -0.05) is 45.4 Å². The fourth-order valence-electron chi connectivity index (χ4n) is 1.99. The van der Waals surface area contributed by atoms with Crippen molar-refractivity contribution in [1.29, 1.82) is 0 Å². The highest BCUT2D eigenvalue weighted by molar-refractivity contribution is 5.88. The number of rotatable bonds is 4. The second-order valence-corrected chi connectivity index (χ2v) is 5.25. The Balaban J connectivity index is 0.000000250. The summed E-state index contributed by atoms with van der Waals surface area (Å²) in [6.45, 7) is 1.52. The first-order chi connectivity index (χ1) is 8.97. The molecule has 3 nitrogen and oxygen atoms in total. The predicted octanol–water partition coefficient (Wildman–Crippen LogP) is 3.08. The topological polar surface area (TPSA) is 46.2 Å². The van der Waals surface area contributed by atoms with Gasteiger partial charge >= 0.3 is 0 Å². The molecule has 1 atom stereocenters. The zero-order chi connectivity index (χ0) is 14.3. The maximum atomic E-state index is 12.3. The van der Waals surface area contributed by atoms with Crippen LogP contribution >= 0.6 is 0 Å². The summed E-state index contributed by atoms with van der Waals surface area (Å²) in [7, 11) is 0. The first-order valence-electron chi connectivity index (χ1n) is 7.14. The van der Waals surface area contributed by atoms with E-state index < -0.39 is 17.7 Å². The number of hydrogen-bond acceptors (Lipinski definition) is 2. The molecule has 2 aliphatic rings. The second kappa shape index (κ2) is 7.56. The molecule has 0 bridgehead atoms. The molecule has 0 spiro atoms. The molecule has 0 aromatic carbocycles. The minimum Gasteiger partial charge on any atom is -0.349 e. The van der Waals surface area contributed by atoms with Crippen LogP contribution in [0.15, 0.2) is 0 Å². The standard InChI is InChI=1S/C8H11F2NO2.C6H12/c1-2-5(12)4-11-7(13)6-3-8(6,9)10;1-2-4-6-5-3-1/h6H,2-4H2,1H3,(H,11,13);1-6H2. The number of ketones is 1. The highest BCUT2D eigenvalue weighted by Gasteiger charge is 2.61. The summed E-state index contributed by atoms with van der Waals surface area (Å²) in [5.41, 5.74) is 0. The summed E-state index contributed by atoms with van der Waals surface area (Å²) < 4.78 is 24.6. The van der Waals surface area contributed by atoms with Gasteiger partial charge < -0.3 is 5.32 Å². The van der Waals surface area contributed by atoms with Gasteiger partial charge in [0.25, 0.3) is 5.92 Å². The Morgan fingerprint density at radius 3 is 1.84 bits per heavy atom. The van der Waals surface area contributed by atoms with Crippen LogP contribution < -0.4 is 5.32 Å². The SMILES string of the molecule is C1CCCCC1.CCC(=O)CNC(=O)C1CC1(F)F. The van der Waals surface area contributed by atoms with Gasteiger partial charge in [-0.3, -0.25) is 9.59 Å². The molecular formula is C14H23F2NO2. The number of nitrogens with one attached hydrogen (secondary N) is 1. The molecule has 5 heteroatoms. The van der Waals surface area contributed by atoms with Crippen molar-refractivity contribution in [3.8, 4) is 0 Å². The lowest BCUT2D eigenvalue weighted by Crippen LogP contribution is -2.31. The molecule has 2 rings (SSSR count). The van der Waals surface area contributed by atoms with E-state index in [4.69, 9.17) is 0 Å². The van der Waals surface area contributed by atoms with Crippen molar-refractivity contribution in [1.82, 2.24) is 5.32 Å². The molecule has 110 valence electrons. The zero-order valence-corrected chi connectivity index (χ0v) is 11.5. The maximum absolute atomic E-state index is 12.3. The zero-order valence-electron chi connectivity index (χ0n) is 11.5. The summed E-state index contributed by atoms with van der Waals surface area (Å²) in [6.07, 6.45) is 8.92. The van der Waals surface area contributed by atoms with Crippen LogP contribution in [0.1, 0.15) is 58.3 Å². The van der Waals surface area contributed by atoms with Crippen LogP contribution in [-0.2, 0) is 9.59 Å². The van der Waals surface area contributed by atoms with Crippen LogP contribution in [0.4, 0.5) is 8.78 Å². The van der Waals surface area contributed by atoms with E-state index in [1.807, 2.05) is 0 Å². The number of alkyl halides is 2. The second-order valence-electron chi connectivity index (χ2n) is 5.25. The lowest BCUT2D eigenvalue weighted by molar-refractivity contribution is -0.127. The number of amides is 1. The van der Waals surface area contributed by atoms with Crippen molar-refractivity contribution in [2.24, 2.45) is 5.92 Å². The molecule has 1 N–H and O–H groups in total. The third kappa shape index (κ3) is 6.12. The van der Waals surface area contributed by atoms with E-state index in [0.717, 1.165) is 0 Å². The largest absolute Gasteiger partial charge is 0.349 e. The van der Waals surface area contributed by atoms with Gasteiger partial charge in [0, 0.05) is 12.8 Å². The number of Topliss-reactive ketones (excluding diaryl/α,β-unsaturated/α-hetero) is 1. The Morgan fingerprint density at radius 2 is 1.53 bits per heavy atom. The average molecular weight is 275 g/mol. The molecule has 1 amide bonds. The molecule has 2 fully saturated rings. The van der Waals surface area contributed by atoms with Crippen LogP contribution in [0.25, 0.3) is 0 Å². The van der Waals surface area contributed by atoms with E-state index in [9.17, 15) is 18.4 Å². The number of hydrogen-bond donors (Lipinski definition) is 1. The Labute approximate surface area is 113 Å². The summed E-state index contributed by atoms with van der Waals surface area (Å²) in [5.74, 6) is -4.93. The lowest BCUT2D eigenvalue weighted by Gasteiger charge is -2.05. The van der Waals surface area contributed by atoms with Crippen LogP contribution in [0.3, 0.4) is 0 Å². The van der Waals surface area contributed by atoms with E-state index in [0.29, 0.717) is 6.42 Å². The van der Waals surface area contributed by atoms with Gasteiger partial charge in [-0.05, 0) is 0 Å². The van der Waals surface area contributed by atoms with Gasteiger partial charge in [-0.2, -0.15) is 0 Å². The van der Waals surface area contributed by atoms with Gasteiger partial charge in [0.1, 0.15) is 5.92 Å². The molecule has 0 aromatic heterocycles. The van der Waals surface area contributed by atoms with Crippen LogP contribution in [-0.4, -0.2) is 24.2 Å². The first-order valence-corrected chi connectivity index (χ1v) is 7.14. The molecule has 1 unspecified atom stereocenters. The van der Waals surface area contributed by atoms with E-state index in [-0.39, 0.29) is 18.7 Å². The van der Waals surface area contributed by atoms with Crippen molar-refractivity contribution in [2.75, 3.05) is 6.54 Å². The summed E-state index contributed by atoms with van der Waals surface area (Å²) in [5, 5.41) is 2.18. The van der Waals surface area contributed by atoms with Gasteiger partial charge in [0.15, 0.2) is 5.78 Å². The summed E-state index contributed by atoms with van der Waals surface area (Å²) in [6, 6.07) is 0. The Bertz CT molecular complexity index is 303. The van der Waals surface area contributed by atoms with Crippen LogP contribution in [0.2, 0.25) is 0 Å². The van der Waals surface area contributed by atoms with Crippen molar-refractivity contribution in [3.63, 3.8) is 0 Å². The fourth-order valence-corrected chi connectivity index (χ4v) is 1.99. The Morgan fingerprint density at radius 1 is 1.11 bits per heavy atom. The predicted molar refractivity (Wildman–Crippen MR) is 69.1 cm³/mol. The third-order valence-corrected chi connectivity index (χ3v) is 3.50. The van der Waals surface area contributed by atoms with Crippen molar-refractivity contribution in [2.45, 2.75) is 64.2 Å². The molecule has 2 saturated carbocycles. The molecule has 19 heavy (non-hydrogen) atoms. The summed E-state index contributed by atoms with van der Waals surface area (Å²) in [4.78, 5) is 21.6. The van der Waals surface area contributed by atoms with E-state index in [1.165, 1.54) is 38.5 Å². The van der Waals surface area contributed by atoms with Crippen LogP contribution in [0, 0.1) is 5.92 Å². The molecule has 0 saturated heterocycles. The van der Waals surface area contributed by atoms with Gasteiger partial charge in [-0.25, -0.2) is 8.78 Å². The number of carbonyl (C=O) groups excluding carboxylic acids is 2. The fraction of sp³-hybridized carbons (Fsp3) is 0.857. The highest BCUT2D eigenvalue weighted by Crippen LogP contribution is 2.48. The number of halogens is 2. The van der Waals surface area contributed by atoms with Crippen molar-refractivity contribution < 1.29 is 18.4 Å². The Hall–Kier alpha value is -1.00. The molecule has 0 aromatic rings. The minimum absolute atomic E-state index is 0.137. The van der Waals surface area contributed by atoms with Crippen LogP contribution in [0.5, 0.6) is 0 Å². The van der Waals surface area contributed by atoms with Crippen molar-refractivity contribution in [3.05, 3.63) is 0 Å². The molecule has 2 aliphatic carbocycles. The van der Waals surface area contributed by atoms with Gasteiger partial charge in [0.05, 0.1) is 6.54 Å². The molecule has 0 radical (unpaired) electrons. The minimum atomic E-state index is -2.85. The van der Waals surface area contributed by atoms with E-state index in [2.05, 4.69) is 5.32 Å².